The van der Waals surface area contributed by atoms with Gasteiger partial charge in [-0.15, -0.1) is 0 Å². The standard InChI is InChI=1S/C12H13Cl2NO4S/c1-12(2-3-12)6-15-20(18,19)10-4-7(11(16)17)8(13)5-9(10)14/h4-5,15H,2-3,6H2,1H3,(H,16,17). The van der Waals surface area contributed by atoms with Crippen molar-refractivity contribution in [2.24, 2.45) is 5.41 Å². The van der Waals surface area contributed by atoms with E-state index in [1.165, 1.54) is 0 Å². The number of benzene rings is 1. The number of halogens is 2. The SMILES string of the molecule is CC1(CNS(=O)(=O)c2cc(C(=O)O)c(Cl)cc2Cl)CC1. The lowest BCUT2D eigenvalue weighted by Crippen LogP contribution is -2.29. The topological polar surface area (TPSA) is 83.5 Å². The highest BCUT2D eigenvalue weighted by atomic mass is 35.5. The predicted octanol–water partition coefficient (Wildman–Crippen LogP) is 2.77. The van der Waals surface area contributed by atoms with Crippen LogP contribution in [0.1, 0.15) is 30.1 Å². The molecule has 0 saturated heterocycles. The van der Waals surface area contributed by atoms with Crippen LogP contribution in [0, 0.1) is 5.41 Å². The number of carboxylic acids is 1. The first-order chi connectivity index (χ1) is 9.15. The summed E-state index contributed by atoms with van der Waals surface area (Å²) in [7, 11) is -3.86. The third kappa shape index (κ3) is 3.25. The molecule has 0 aromatic heterocycles. The van der Waals surface area contributed by atoms with Gasteiger partial charge in [0.2, 0.25) is 10.0 Å². The fourth-order valence-corrected chi connectivity index (χ4v) is 3.69. The van der Waals surface area contributed by atoms with Crippen LogP contribution in [0.3, 0.4) is 0 Å². The average Bonchev–Trinajstić information content (AvgIpc) is 3.05. The second kappa shape index (κ2) is 5.18. The minimum absolute atomic E-state index is 0.0123. The van der Waals surface area contributed by atoms with E-state index in [9.17, 15) is 13.2 Å². The largest absolute Gasteiger partial charge is 0.478 e. The number of hydrogen-bond donors (Lipinski definition) is 2. The lowest BCUT2D eigenvalue weighted by atomic mass is 10.2. The molecule has 1 fully saturated rings. The molecule has 5 nitrogen and oxygen atoms in total. The first-order valence-corrected chi connectivity index (χ1v) is 8.11. The molecule has 0 atom stereocenters. The zero-order chi connectivity index (χ0) is 15.1. The Bertz CT molecular complexity index is 668. The number of hydrogen-bond acceptors (Lipinski definition) is 3. The summed E-state index contributed by atoms with van der Waals surface area (Å²) in [4.78, 5) is 10.7. The van der Waals surface area contributed by atoms with Crippen LogP contribution in [-0.4, -0.2) is 26.0 Å². The molecule has 0 amide bonds. The van der Waals surface area contributed by atoms with Crippen LogP contribution in [0.25, 0.3) is 0 Å². The zero-order valence-corrected chi connectivity index (χ0v) is 12.9. The smallest absolute Gasteiger partial charge is 0.337 e. The van der Waals surface area contributed by atoms with Gasteiger partial charge in [0.1, 0.15) is 4.90 Å². The van der Waals surface area contributed by atoms with Gasteiger partial charge in [-0.05, 0) is 30.4 Å². The van der Waals surface area contributed by atoms with E-state index >= 15 is 0 Å². The fraction of sp³-hybridized carbons (Fsp3) is 0.417. The van der Waals surface area contributed by atoms with Crippen LogP contribution in [0.4, 0.5) is 0 Å². The summed E-state index contributed by atoms with van der Waals surface area (Å²) in [5, 5.41) is 8.77. The van der Waals surface area contributed by atoms with Gasteiger partial charge in [-0.25, -0.2) is 17.9 Å². The molecule has 2 N–H and O–H groups in total. The van der Waals surface area contributed by atoms with Crippen molar-refractivity contribution in [2.75, 3.05) is 6.54 Å². The van der Waals surface area contributed by atoms with Gasteiger partial charge in [0.05, 0.1) is 15.6 Å². The quantitative estimate of drug-likeness (QED) is 0.865. The lowest BCUT2D eigenvalue weighted by molar-refractivity contribution is 0.0697. The van der Waals surface area contributed by atoms with Crippen LogP contribution in [0.2, 0.25) is 10.0 Å². The van der Waals surface area contributed by atoms with Crippen LogP contribution in [0.15, 0.2) is 17.0 Å². The van der Waals surface area contributed by atoms with Gasteiger partial charge >= 0.3 is 5.97 Å². The van der Waals surface area contributed by atoms with E-state index in [-0.39, 0.29) is 25.9 Å². The first-order valence-electron chi connectivity index (χ1n) is 5.87. The van der Waals surface area contributed by atoms with Crippen molar-refractivity contribution in [1.29, 1.82) is 0 Å². The van der Waals surface area contributed by atoms with Crippen molar-refractivity contribution in [3.63, 3.8) is 0 Å². The van der Waals surface area contributed by atoms with Gasteiger partial charge in [-0.1, -0.05) is 30.1 Å². The monoisotopic (exact) mass is 337 g/mol. The molecular formula is C12H13Cl2NO4S. The summed E-state index contributed by atoms with van der Waals surface area (Å²) in [5.41, 5.74) is -0.309. The minimum Gasteiger partial charge on any atom is -0.478 e. The number of sulfonamides is 1. The summed E-state index contributed by atoms with van der Waals surface area (Å²) < 4.78 is 26.8. The Hall–Kier alpha value is -0.820. The van der Waals surface area contributed by atoms with E-state index in [1.54, 1.807) is 0 Å². The Kier molecular flexibility index (Phi) is 4.03. The number of aromatic carboxylic acids is 1. The lowest BCUT2D eigenvalue weighted by Gasteiger charge is -2.13. The van der Waals surface area contributed by atoms with Gasteiger partial charge in [-0.3, -0.25) is 0 Å². The molecule has 110 valence electrons. The van der Waals surface area contributed by atoms with Gasteiger partial charge in [0.25, 0.3) is 0 Å². The van der Waals surface area contributed by atoms with E-state index in [2.05, 4.69) is 4.72 Å². The third-order valence-electron chi connectivity index (χ3n) is 3.33. The number of carboxylic acid groups (broad SMARTS) is 1. The molecule has 0 heterocycles. The summed E-state index contributed by atoms with van der Waals surface area (Å²) in [6, 6.07) is 2.10. The summed E-state index contributed by atoms with van der Waals surface area (Å²) in [6.45, 7) is 2.28. The third-order valence-corrected chi connectivity index (χ3v) is 5.51. The van der Waals surface area contributed by atoms with Gasteiger partial charge in [0, 0.05) is 6.54 Å². The molecule has 8 heteroatoms. The Morgan fingerprint density at radius 3 is 2.45 bits per heavy atom. The highest BCUT2D eigenvalue weighted by Crippen LogP contribution is 2.44. The van der Waals surface area contributed by atoms with Crippen molar-refractivity contribution in [3.05, 3.63) is 27.7 Å². The molecule has 0 spiro atoms. The molecule has 0 unspecified atom stereocenters. The second-order valence-corrected chi connectivity index (χ2v) is 7.75. The maximum atomic E-state index is 12.2. The Labute approximate surface area is 126 Å². The average molecular weight is 338 g/mol. The van der Waals surface area contributed by atoms with Crippen LogP contribution in [-0.2, 0) is 10.0 Å². The van der Waals surface area contributed by atoms with Crippen LogP contribution < -0.4 is 4.72 Å². The fourth-order valence-electron chi connectivity index (χ4n) is 1.64. The molecule has 0 bridgehead atoms. The molecule has 2 rings (SSSR count). The van der Waals surface area contributed by atoms with Crippen molar-refractivity contribution in [2.45, 2.75) is 24.7 Å². The Morgan fingerprint density at radius 1 is 1.35 bits per heavy atom. The molecule has 20 heavy (non-hydrogen) atoms. The first kappa shape index (κ1) is 15.6. The highest BCUT2D eigenvalue weighted by Gasteiger charge is 2.38. The second-order valence-electron chi connectivity index (χ2n) is 5.20. The van der Waals surface area contributed by atoms with E-state index in [0.29, 0.717) is 6.54 Å². The van der Waals surface area contributed by atoms with E-state index in [4.69, 9.17) is 28.3 Å². The van der Waals surface area contributed by atoms with Gasteiger partial charge in [-0.2, -0.15) is 0 Å². The maximum Gasteiger partial charge on any atom is 0.337 e. The van der Waals surface area contributed by atoms with Gasteiger partial charge in [0.15, 0.2) is 0 Å². The van der Waals surface area contributed by atoms with Crippen molar-refractivity contribution in [1.82, 2.24) is 4.72 Å². The summed E-state index contributed by atoms with van der Waals surface area (Å²) >= 11 is 11.6. The predicted molar refractivity (Wildman–Crippen MR) is 76.0 cm³/mol. The Morgan fingerprint density at radius 2 is 1.95 bits per heavy atom. The van der Waals surface area contributed by atoms with E-state index in [0.717, 1.165) is 25.0 Å². The molecule has 1 aromatic rings. The zero-order valence-electron chi connectivity index (χ0n) is 10.6. The van der Waals surface area contributed by atoms with E-state index in [1.807, 2.05) is 6.92 Å². The van der Waals surface area contributed by atoms with Gasteiger partial charge < -0.3 is 5.11 Å². The van der Waals surface area contributed by atoms with Crippen molar-refractivity contribution < 1.29 is 18.3 Å². The molecule has 1 aromatic carbocycles. The number of carbonyl (C=O) groups is 1. The summed E-state index contributed by atoms with van der Waals surface area (Å²) in [6.07, 6.45) is 1.93. The molecule has 1 aliphatic carbocycles. The summed E-state index contributed by atoms with van der Waals surface area (Å²) in [5.74, 6) is -1.31. The molecule has 1 saturated carbocycles. The van der Waals surface area contributed by atoms with Crippen molar-refractivity contribution >= 4 is 39.2 Å². The van der Waals surface area contributed by atoms with Crippen molar-refractivity contribution in [3.8, 4) is 0 Å². The molecule has 0 radical (unpaired) electrons. The highest BCUT2D eigenvalue weighted by molar-refractivity contribution is 7.89. The molecular weight excluding hydrogens is 325 g/mol. The van der Waals surface area contributed by atoms with Crippen LogP contribution in [0.5, 0.6) is 0 Å². The van der Waals surface area contributed by atoms with Crippen LogP contribution >= 0.6 is 23.2 Å². The molecule has 0 aliphatic heterocycles. The Balaban J connectivity index is 2.35. The molecule has 1 aliphatic rings. The maximum absolute atomic E-state index is 12.2. The minimum atomic E-state index is -3.86. The van der Waals surface area contributed by atoms with E-state index < -0.39 is 16.0 Å². The number of rotatable bonds is 5. The number of nitrogens with one attached hydrogen (secondary N) is 1. The normalized spacial score (nSPS) is 16.9.